The molecule has 3 N–H and O–H groups in total. The Hall–Kier alpha value is -3.55. The minimum Gasteiger partial charge on any atom is -0.341 e. The Morgan fingerprint density at radius 2 is 2.00 bits per heavy atom. The second-order valence-electron chi connectivity index (χ2n) is 6.85. The minimum absolute atomic E-state index is 0.0968. The summed E-state index contributed by atoms with van der Waals surface area (Å²) in [4.78, 5) is 28.8. The number of hydrogen-bond donors (Lipinski definition) is 3. The highest BCUT2D eigenvalue weighted by Crippen LogP contribution is 2.26. The number of imidazole rings is 1. The lowest BCUT2D eigenvalue weighted by atomic mass is 10.1. The summed E-state index contributed by atoms with van der Waals surface area (Å²) in [5.41, 5.74) is 3.00. The van der Waals surface area contributed by atoms with Crippen molar-refractivity contribution in [3.05, 3.63) is 54.2 Å². The molecule has 0 aliphatic heterocycles. The van der Waals surface area contributed by atoms with Gasteiger partial charge < -0.3 is 10.3 Å². The molecule has 0 aliphatic rings. The first-order chi connectivity index (χ1) is 13.6. The number of rotatable bonds is 6. The molecule has 3 aromatic heterocycles. The van der Waals surface area contributed by atoms with Gasteiger partial charge in [0.1, 0.15) is 11.6 Å². The van der Waals surface area contributed by atoms with E-state index in [2.05, 4.69) is 35.5 Å². The number of aryl methyl sites for hydroxylation is 1. The summed E-state index contributed by atoms with van der Waals surface area (Å²) in [5, 5.41) is 10.2. The molecule has 1 amide bonds. The van der Waals surface area contributed by atoms with Gasteiger partial charge in [0.05, 0.1) is 11.2 Å². The van der Waals surface area contributed by atoms with Crippen molar-refractivity contribution >= 4 is 22.8 Å². The van der Waals surface area contributed by atoms with E-state index in [1.165, 1.54) is 0 Å². The second-order valence-corrected chi connectivity index (χ2v) is 6.85. The van der Waals surface area contributed by atoms with Crippen molar-refractivity contribution < 1.29 is 4.79 Å². The zero-order valence-corrected chi connectivity index (χ0v) is 15.7. The molecule has 0 unspecified atom stereocenters. The number of hydrogen-bond acceptors (Lipinski definition) is 5. The number of fused-ring (bicyclic) bond motifs is 1. The molecule has 142 valence electrons. The lowest BCUT2D eigenvalue weighted by molar-refractivity contribution is -0.116. The topological polar surface area (TPSA) is 112 Å². The fourth-order valence-corrected chi connectivity index (χ4v) is 2.90. The van der Waals surface area contributed by atoms with E-state index >= 15 is 0 Å². The van der Waals surface area contributed by atoms with Crippen molar-refractivity contribution in [1.29, 1.82) is 0 Å². The van der Waals surface area contributed by atoms with E-state index in [-0.39, 0.29) is 11.8 Å². The molecule has 0 radical (unpaired) electrons. The van der Waals surface area contributed by atoms with Crippen LogP contribution in [-0.2, 0) is 11.2 Å². The van der Waals surface area contributed by atoms with Crippen LogP contribution in [0.15, 0.2) is 42.6 Å². The molecule has 8 nitrogen and oxygen atoms in total. The van der Waals surface area contributed by atoms with Crippen LogP contribution in [0.4, 0.5) is 5.69 Å². The van der Waals surface area contributed by atoms with Crippen molar-refractivity contribution in [1.82, 2.24) is 30.1 Å². The third kappa shape index (κ3) is 3.75. The fraction of sp³-hybridized carbons (Fsp3) is 0.250. The Morgan fingerprint density at radius 3 is 2.79 bits per heavy atom. The average molecular weight is 375 g/mol. The van der Waals surface area contributed by atoms with Gasteiger partial charge >= 0.3 is 0 Å². The number of anilines is 1. The van der Waals surface area contributed by atoms with E-state index in [0.717, 1.165) is 22.7 Å². The highest BCUT2D eigenvalue weighted by molar-refractivity contribution is 5.94. The standard InChI is InChI=1S/C20H21N7O/c1-12(2)18-25-19(27-26-18)13-6-3-4-7-14(13)23-17(28)10-9-16-22-15-8-5-11-21-20(15)24-16/h3-8,11-12H,9-10H2,1-2H3,(H,23,28)(H,21,22,24)(H,25,26,27). The summed E-state index contributed by atoms with van der Waals surface area (Å²) >= 11 is 0. The number of para-hydroxylation sites is 1. The van der Waals surface area contributed by atoms with Crippen molar-refractivity contribution in [3.8, 4) is 11.4 Å². The summed E-state index contributed by atoms with van der Waals surface area (Å²) in [6.07, 6.45) is 2.51. The molecule has 0 bridgehead atoms. The fourth-order valence-electron chi connectivity index (χ4n) is 2.90. The van der Waals surface area contributed by atoms with Gasteiger partial charge in [0.2, 0.25) is 5.91 Å². The van der Waals surface area contributed by atoms with E-state index in [1.807, 2.05) is 50.2 Å². The van der Waals surface area contributed by atoms with Crippen LogP contribution in [0.25, 0.3) is 22.6 Å². The molecule has 0 saturated carbocycles. The van der Waals surface area contributed by atoms with Crippen LogP contribution in [0.3, 0.4) is 0 Å². The van der Waals surface area contributed by atoms with Gasteiger partial charge in [-0.05, 0) is 24.3 Å². The van der Waals surface area contributed by atoms with Crippen molar-refractivity contribution in [2.75, 3.05) is 5.32 Å². The van der Waals surface area contributed by atoms with E-state index in [9.17, 15) is 4.79 Å². The highest BCUT2D eigenvalue weighted by Gasteiger charge is 2.14. The largest absolute Gasteiger partial charge is 0.341 e. The normalized spacial score (nSPS) is 11.2. The smallest absolute Gasteiger partial charge is 0.224 e. The van der Waals surface area contributed by atoms with Gasteiger partial charge in [-0.25, -0.2) is 15.0 Å². The monoisotopic (exact) mass is 375 g/mol. The first-order valence-electron chi connectivity index (χ1n) is 9.21. The van der Waals surface area contributed by atoms with Crippen molar-refractivity contribution in [2.24, 2.45) is 0 Å². The summed E-state index contributed by atoms with van der Waals surface area (Å²) in [5.74, 6) is 2.28. The van der Waals surface area contributed by atoms with Crippen LogP contribution < -0.4 is 5.32 Å². The van der Waals surface area contributed by atoms with Crippen LogP contribution in [-0.4, -0.2) is 36.0 Å². The Bertz CT molecular complexity index is 1080. The average Bonchev–Trinajstić information content (AvgIpc) is 3.34. The molecule has 1 aromatic carbocycles. The molecule has 8 heteroatoms. The van der Waals surface area contributed by atoms with Crippen LogP contribution in [0, 0.1) is 0 Å². The molecule has 0 fully saturated rings. The van der Waals surface area contributed by atoms with Crippen LogP contribution in [0.1, 0.15) is 37.8 Å². The molecule has 4 rings (SSSR count). The molecule has 0 saturated heterocycles. The first kappa shape index (κ1) is 17.8. The molecule has 4 aromatic rings. The van der Waals surface area contributed by atoms with Crippen LogP contribution in [0.5, 0.6) is 0 Å². The second kappa shape index (κ2) is 7.59. The maximum atomic E-state index is 12.5. The number of H-pyrrole nitrogens is 2. The summed E-state index contributed by atoms with van der Waals surface area (Å²) in [6.45, 7) is 4.09. The minimum atomic E-state index is -0.0968. The van der Waals surface area contributed by atoms with Gasteiger partial charge in [0.15, 0.2) is 11.5 Å². The number of aromatic amines is 2. The number of nitrogens with one attached hydrogen (secondary N) is 3. The number of nitrogens with zero attached hydrogens (tertiary/aromatic N) is 4. The first-order valence-corrected chi connectivity index (χ1v) is 9.21. The highest BCUT2D eigenvalue weighted by atomic mass is 16.1. The molecule has 0 spiro atoms. The predicted molar refractivity (Wildman–Crippen MR) is 107 cm³/mol. The zero-order chi connectivity index (χ0) is 19.5. The molecule has 28 heavy (non-hydrogen) atoms. The maximum absolute atomic E-state index is 12.5. The number of benzene rings is 1. The summed E-state index contributed by atoms with van der Waals surface area (Å²) in [6, 6.07) is 11.3. The van der Waals surface area contributed by atoms with Gasteiger partial charge in [-0.2, -0.15) is 5.10 Å². The summed E-state index contributed by atoms with van der Waals surface area (Å²) < 4.78 is 0. The number of pyridine rings is 1. The van der Waals surface area contributed by atoms with Crippen molar-refractivity contribution in [3.63, 3.8) is 0 Å². The van der Waals surface area contributed by atoms with Gasteiger partial charge in [-0.15, -0.1) is 0 Å². The van der Waals surface area contributed by atoms with Crippen molar-refractivity contribution in [2.45, 2.75) is 32.6 Å². The molecular weight excluding hydrogens is 354 g/mol. The quantitative estimate of drug-likeness (QED) is 0.478. The molecule has 0 aliphatic carbocycles. The van der Waals surface area contributed by atoms with Crippen LogP contribution in [0.2, 0.25) is 0 Å². The summed E-state index contributed by atoms with van der Waals surface area (Å²) in [7, 11) is 0. The zero-order valence-electron chi connectivity index (χ0n) is 15.7. The number of aromatic nitrogens is 6. The number of carbonyl (C=O) groups is 1. The molecule has 3 heterocycles. The van der Waals surface area contributed by atoms with E-state index in [0.29, 0.717) is 30.0 Å². The Labute approximate surface area is 161 Å². The Kier molecular flexibility index (Phi) is 4.84. The number of amides is 1. The third-order valence-corrected chi connectivity index (χ3v) is 4.39. The molecular formula is C20H21N7O. The van der Waals surface area contributed by atoms with Gasteiger partial charge in [0.25, 0.3) is 0 Å². The third-order valence-electron chi connectivity index (χ3n) is 4.39. The lowest BCUT2D eigenvalue weighted by Crippen LogP contribution is -2.13. The SMILES string of the molecule is CC(C)c1nc(-c2ccccc2NC(=O)CCc2nc3ncccc3[nH]2)n[nH]1. The number of carbonyl (C=O) groups excluding carboxylic acids is 1. The van der Waals surface area contributed by atoms with Gasteiger partial charge in [0, 0.05) is 30.5 Å². The maximum Gasteiger partial charge on any atom is 0.224 e. The molecule has 0 atom stereocenters. The van der Waals surface area contributed by atoms with E-state index < -0.39 is 0 Å². The van der Waals surface area contributed by atoms with E-state index in [1.54, 1.807) is 6.20 Å². The van der Waals surface area contributed by atoms with Crippen LogP contribution >= 0.6 is 0 Å². The Balaban J connectivity index is 1.45. The van der Waals surface area contributed by atoms with Gasteiger partial charge in [-0.1, -0.05) is 26.0 Å². The predicted octanol–water partition coefficient (Wildman–Crippen LogP) is 3.44. The Morgan fingerprint density at radius 1 is 1.14 bits per heavy atom. The lowest BCUT2D eigenvalue weighted by Gasteiger charge is -2.08. The van der Waals surface area contributed by atoms with Gasteiger partial charge in [-0.3, -0.25) is 9.89 Å². The van der Waals surface area contributed by atoms with E-state index in [4.69, 9.17) is 0 Å².